The number of fused-ring (bicyclic) bond motifs is 3. The van der Waals surface area contributed by atoms with Gasteiger partial charge in [0.1, 0.15) is 11.2 Å². The number of carbonyl (C=O) groups excluding carboxylic acids is 1. The van der Waals surface area contributed by atoms with Gasteiger partial charge in [0, 0.05) is 18.1 Å². The third kappa shape index (κ3) is 1.99. The van der Waals surface area contributed by atoms with Crippen LogP contribution in [0.1, 0.15) is 46.0 Å². The highest BCUT2D eigenvalue weighted by Crippen LogP contribution is 2.42. The normalized spacial score (nSPS) is 24.0. The van der Waals surface area contributed by atoms with Gasteiger partial charge in [-0.2, -0.15) is 0 Å². The van der Waals surface area contributed by atoms with E-state index in [-0.39, 0.29) is 12.1 Å². The van der Waals surface area contributed by atoms with Crippen molar-refractivity contribution in [1.82, 2.24) is 9.88 Å². The molecule has 0 aromatic carbocycles. The molecule has 0 bridgehead atoms. The molecule has 110 valence electrons. The van der Waals surface area contributed by atoms with Crippen LogP contribution in [0.3, 0.4) is 0 Å². The van der Waals surface area contributed by atoms with Crippen molar-refractivity contribution in [2.45, 2.75) is 32.4 Å². The van der Waals surface area contributed by atoms with Crippen LogP contribution in [0.4, 0.5) is 5.00 Å². The number of anilines is 1. The smallest absolute Gasteiger partial charge is 0.256 e. The number of nitrogens with zero attached hydrogens (tertiary/aromatic N) is 1. The first-order valence-electron chi connectivity index (χ1n) is 7.46. The second kappa shape index (κ2) is 4.63. The minimum absolute atomic E-state index is 0.0713. The van der Waals surface area contributed by atoms with Crippen molar-refractivity contribution in [3.05, 3.63) is 40.0 Å². The highest BCUT2D eigenvalue weighted by molar-refractivity contribution is 7.16. The molecule has 4 rings (SSSR count). The van der Waals surface area contributed by atoms with Crippen LogP contribution in [0.15, 0.2) is 18.3 Å². The fourth-order valence-corrected chi connectivity index (χ4v) is 4.82. The molecule has 1 amide bonds. The fraction of sp³-hybridized carbons (Fsp3) is 0.438. The van der Waals surface area contributed by atoms with E-state index in [0.29, 0.717) is 0 Å². The molecule has 2 aromatic heterocycles. The quantitative estimate of drug-likeness (QED) is 0.850. The molecule has 2 atom stereocenters. The number of aromatic nitrogens is 1. The van der Waals surface area contributed by atoms with Crippen LogP contribution >= 0.6 is 11.3 Å². The highest BCUT2D eigenvalue weighted by atomic mass is 32.1. The second-order valence-corrected chi connectivity index (χ2v) is 7.26. The Morgan fingerprint density at radius 2 is 2.24 bits per heavy atom. The molecule has 2 N–H and O–H groups in total. The van der Waals surface area contributed by atoms with Crippen LogP contribution in [-0.2, 0) is 19.9 Å². The van der Waals surface area contributed by atoms with E-state index < -0.39 is 0 Å². The number of carbonyl (C=O) groups is 1. The summed E-state index contributed by atoms with van der Waals surface area (Å²) >= 11 is 1.77. The van der Waals surface area contributed by atoms with Gasteiger partial charge < -0.3 is 15.2 Å². The maximum absolute atomic E-state index is 12.6. The van der Waals surface area contributed by atoms with E-state index in [2.05, 4.69) is 17.6 Å². The van der Waals surface area contributed by atoms with E-state index in [9.17, 15) is 4.79 Å². The summed E-state index contributed by atoms with van der Waals surface area (Å²) in [6.07, 6.45) is 5.19. The van der Waals surface area contributed by atoms with Gasteiger partial charge in [-0.15, -0.1) is 11.3 Å². The first kappa shape index (κ1) is 13.0. The third-order valence-electron chi connectivity index (χ3n) is 4.57. The molecule has 0 radical (unpaired) electrons. The Labute approximate surface area is 128 Å². The standard InChI is InChI=1S/C16H19N3OS/c1-9-5-6-10-12(8-9)21-16-13(10)15(20)17-14(18-16)11-4-3-7-19(11)2/h3-4,7,9,14,18H,5-6,8H2,1-2H3,(H,17,20)/t9-,14-/m0/s1. The van der Waals surface area contributed by atoms with Crippen LogP contribution in [0.25, 0.3) is 0 Å². The van der Waals surface area contributed by atoms with Gasteiger partial charge in [0.2, 0.25) is 0 Å². The lowest BCUT2D eigenvalue weighted by Crippen LogP contribution is -2.39. The number of aryl methyl sites for hydroxylation is 1. The number of nitrogens with one attached hydrogen (secondary N) is 2. The van der Waals surface area contributed by atoms with Crippen LogP contribution in [-0.4, -0.2) is 10.5 Å². The zero-order valence-electron chi connectivity index (χ0n) is 12.3. The van der Waals surface area contributed by atoms with Crippen molar-refractivity contribution in [2.75, 3.05) is 5.32 Å². The maximum atomic E-state index is 12.6. The summed E-state index contributed by atoms with van der Waals surface area (Å²) in [6.45, 7) is 2.29. The molecule has 2 aromatic rings. The molecule has 3 heterocycles. The minimum Gasteiger partial charge on any atom is -0.351 e. The second-order valence-electron chi connectivity index (χ2n) is 6.15. The molecular formula is C16H19N3OS. The Balaban J connectivity index is 1.73. The molecule has 0 saturated carbocycles. The van der Waals surface area contributed by atoms with Gasteiger partial charge in [0.25, 0.3) is 5.91 Å². The molecule has 5 heteroatoms. The summed E-state index contributed by atoms with van der Waals surface area (Å²) in [4.78, 5) is 14.0. The average Bonchev–Trinajstić information content (AvgIpc) is 3.01. The highest BCUT2D eigenvalue weighted by Gasteiger charge is 2.33. The molecule has 1 aliphatic carbocycles. The van der Waals surface area contributed by atoms with E-state index in [0.717, 1.165) is 35.0 Å². The number of amides is 1. The van der Waals surface area contributed by atoms with E-state index in [1.807, 2.05) is 29.9 Å². The van der Waals surface area contributed by atoms with Crippen molar-refractivity contribution in [3.63, 3.8) is 0 Å². The molecular weight excluding hydrogens is 282 g/mol. The number of thiophene rings is 1. The van der Waals surface area contributed by atoms with E-state index in [1.54, 1.807) is 11.3 Å². The predicted molar refractivity (Wildman–Crippen MR) is 84.8 cm³/mol. The molecule has 4 nitrogen and oxygen atoms in total. The van der Waals surface area contributed by atoms with Gasteiger partial charge in [-0.05, 0) is 42.9 Å². The summed E-state index contributed by atoms with van der Waals surface area (Å²) in [6, 6.07) is 4.04. The Morgan fingerprint density at radius 1 is 1.38 bits per heavy atom. The Kier molecular flexibility index (Phi) is 2.85. The van der Waals surface area contributed by atoms with E-state index in [4.69, 9.17) is 0 Å². The SMILES string of the molecule is C[C@H]1CCc2c(sc3c2C(=O)N[C@H](c2cccn2C)N3)C1. The molecule has 21 heavy (non-hydrogen) atoms. The van der Waals surface area contributed by atoms with Crippen molar-refractivity contribution in [3.8, 4) is 0 Å². The number of hydrogen-bond donors (Lipinski definition) is 2. The van der Waals surface area contributed by atoms with Gasteiger partial charge in [0.15, 0.2) is 0 Å². The summed E-state index contributed by atoms with van der Waals surface area (Å²) in [7, 11) is 2.00. The predicted octanol–water partition coefficient (Wildman–Crippen LogP) is 3.07. The van der Waals surface area contributed by atoms with Crippen LogP contribution in [0.5, 0.6) is 0 Å². The van der Waals surface area contributed by atoms with Crippen molar-refractivity contribution < 1.29 is 4.79 Å². The fourth-order valence-electron chi connectivity index (χ4n) is 3.39. The van der Waals surface area contributed by atoms with Crippen LogP contribution < -0.4 is 10.6 Å². The maximum Gasteiger partial charge on any atom is 0.256 e. The van der Waals surface area contributed by atoms with Gasteiger partial charge >= 0.3 is 0 Å². The Hall–Kier alpha value is -1.75. The Morgan fingerprint density at radius 3 is 3.00 bits per heavy atom. The van der Waals surface area contributed by atoms with Gasteiger partial charge in [-0.3, -0.25) is 4.79 Å². The van der Waals surface area contributed by atoms with Crippen molar-refractivity contribution in [2.24, 2.45) is 13.0 Å². The zero-order valence-corrected chi connectivity index (χ0v) is 13.1. The van der Waals surface area contributed by atoms with Gasteiger partial charge in [-0.1, -0.05) is 6.92 Å². The lowest BCUT2D eigenvalue weighted by molar-refractivity contribution is 0.0934. The van der Waals surface area contributed by atoms with Crippen LogP contribution in [0.2, 0.25) is 0 Å². The molecule has 0 saturated heterocycles. The summed E-state index contributed by atoms with van der Waals surface area (Å²) in [5.41, 5.74) is 3.25. The summed E-state index contributed by atoms with van der Waals surface area (Å²) in [5, 5.41) is 7.65. The largest absolute Gasteiger partial charge is 0.351 e. The first-order chi connectivity index (χ1) is 10.1. The topological polar surface area (TPSA) is 46.1 Å². The lowest BCUT2D eigenvalue weighted by Gasteiger charge is -2.27. The van der Waals surface area contributed by atoms with Crippen molar-refractivity contribution in [1.29, 1.82) is 0 Å². The monoisotopic (exact) mass is 301 g/mol. The number of rotatable bonds is 1. The lowest BCUT2D eigenvalue weighted by atomic mass is 9.88. The molecule has 0 unspecified atom stereocenters. The van der Waals surface area contributed by atoms with Crippen LogP contribution in [0, 0.1) is 5.92 Å². The first-order valence-corrected chi connectivity index (χ1v) is 8.28. The van der Waals surface area contributed by atoms with Crippen molar-refractivity contribution >= 4 is 22.2 Å². The van der Waals surface area contributed by atoms with Gasteiger partial charge in [-0.25, -0.2) is 0 Å². The summed E-state index contributed by atoms with van der Waals surface area (Å²) < 4.78 is 2.04. The molecule has 0 fully saturated rings. The zero-order chi connectivity index (χ0) is 14.6. The summed E-state index contributed by atoms with van der Waals surface area (Å²) in [5.74, 6) is 0.798. The molecule has 1 aliphatic heterocycles. The van der Waals surface area contributed by atoms with E-state index in [1.165, 1.54) is 16.9 Å². The number of hydrogen-bond acceptors (Lipinski definition) is 3. The molecule has 0 spiro atoms. The molecule has 2 aliphatic rings. The van der Waals surface area contributed by atoms with Gasteiger partial charge in [0.05, 0.1) is 11.3 Å². The van der Waals surface area contributed by atoms with E-state index >= 15 is 0 Å². The minimum atomic E-state index is -0.137. The third-order valence-corrected chi connectivity index (χ3v) is 5.75. The average molecular weight is 301 g/mol. The Bertz CT molecular complexity index is 715.